The smallest absolute Gasteiger partial charge is 0.267 e. The van der Waals surface area contributed by atoms with E-state index in [9.17, 15) is 15.0 Å². The average Bonchev–Trinajstić information content (AvgIpc) is 2.95. The van der Waals surface area contributed by atoms with Gasteiger partial charge in [0.05, 0.1) is 39.2 Å². The molecule has 1 aliphatic heterocycles. The van der Waals surface area contributed by atoms with Gasteiger partial charge in [0.25, 0.3) is 5.91 Å². The van der Waals surface area contributed by atoms with Gasteiger partial charge in [0.1, 0.15) is 5.82 Å². The van der Waals surface area contributed by atoms with Gasteiger partial charge in [0.15, 0.2) is 11.5 Å². The Hall–Kier alpha value is -4.48. The lowest BCUT2D eigenvalue weighted by Gasteiger charge is -2.31. The van der Waals surface area contributed by atoms with E-state index < -0.39 is 12.1 Å². The molecule has 204 valence electrons. The summed E-state index contributed by atoms with van der Waals surface area (Å²) in [5, 5.41) is 25.0. The van der Waals surface area contributed by atoms with Crippen molar-refractivity contribution in [3.63, 3.8) is 0 Å². The molecule has 2 aromatic carbocycles. The molecule has 1 aliphatic rings. The number of rotatable bonds is 10. The highest BCUT2D eigenvalue weighted by molar-refractivity contribution is 5.95. The zero-order valence-corrected chi connectivity index (χ0v) is 21.8. The van der Waals surface area contributed by atoms with Crippen LogP contribution in [0.3, 0.4) is 0 Å². The Bertz CT molecular complexity index is 1390. The Balaban J connectivity index is 1.63. The highest BCUT2D eigenvalue weighted by Crippen LogP contribution is 2.36. The fourth-order valence-corrected chi connectivity index (χ4v) is 4.51. The Morgan fingerprint density at radius 1 is 1.21 bits per heavy atom. The van der Waals surface area contributed by atoms with Crippen molar-refractivity contribution in [3.05, 3.63) is 76.5 Å². The monoisotopic (exact) mass is 532 g/mol. The van der Waals surface area contributed by atoms with Crippen LogP contribution >= 0.6 is 0 Å². The third kappa shape index (κ3) is 6.33. The van der Waals surface area contributed by atoms with Crippen LogP contribution < -0.4 is 20.9 Å². The predicted molar refractivity (Wildman–Crippen MR) is 148 cm³/mol. The summed E-state index contributed by atoms with van der Waals surface area (Å²) in [5.74, 6) is 0.967. The molecule has 0 saturated carbocycles. The second-order valence-corrected chi connectivity index (χ2v) is 9.06. The number of ether oxygens (including phenoxy) is 2. The number of fused-ring (bicyclic) bond motifs is 1. The number of anilines is 2. The minimum atomic E-state index is -0.879. The lowest BCUT2D eigenvalue weighted by Crippen LogP contribution is -2.33. The predicted octanol–water partition coefficient (Wildman–Crippen LogP) is 2.31. The van der Waals surface area contributed by atoms with Crippen molar-refractivity contribution < 1.29 is 24.5 Å². The highest BCUT2D eigenvalue weighted by atomic mass is 16.5. The number of nitrogens with two attached hydrogens (primary N) is 2. The number of amides is 1. The van der Waals surface area contributed by atoms with E-state index in [0.29, 0.717) is 41.9 Å². The number of aliphatic hydroxyl groups is 2. The van der Waals surface area contributed by atoms with E-state index in [0.717, 1.165) is 16.7 Å². The second kappa shape index (κ2) is 12.4. The molecule has 1 aromatic heterocycles. The summed E-state index contributed by atoms with van der Waals surface area (Å²) < 4.78 is 11.1. The summed E-state index contributed by atoms with van der Waals surface area (Å²) in [6.07, 6.45) is 6.54. The van der Waals surface area contributed by atoms with Gasteiger partial charge in [0, 0.05) is 29.8 Å². The van der Waals surface area contributed by atoms with Gasteiger partial charge >= 0.3 is 0 Å². The Kier molecular flexibility index (Phi) is 8.74. The van der Waals surface area contributed by atoms with Gasteiger partial charge in [-0.05, 0) is 47.7 Å². The molecule has 6 N–H and O–H groups in total. The maximum atomic E-state index is 13.4. The van der Waals surface area contributed by atoms with Crippen LogP contribution in [-0.2, 0) is 11.2 Å². The molecule has 11 heteroatoms. The molecule has 1 unspecified atom stereocenters. The van der Waals surface area contributed by atoms with Crippen molar-refractivity contribution in [1.82, 2.24) is 15.0 Å². The summed E-state index contributed by atoms with van der Waals surface area (Å²) in [4.78, 5) is 21.4. The van der Waals surface area contributed by atoms with Gasteiger partial charge in [-0.3, -0.25) is 4.79 Å². The quantitative estimate of drug-likeness (QED) is 0.286. The third-order valence-electron chi connectivity index (χ3n) is 6.47. The zero-order chi connectivity index (χ0) is 27.9. The molecular formula is C28H32N6O5. The van der Waals surface area contributed by atoms with Crippen LogP contribution in [0.15, 0.2) is 53.8 Å². The van der Waals surface area contributed by atoms with E-state index in [2.05, 4.69) is 15.1 Å². The van der Waals surface area contributed by atoms with Crippen LogP contribution in [0, 0.1) is 0 Å². The second-order valence-electron chi connectivity index (χ2n) is 9.06. The van der Waals surface area contributed by atoms with E-state index in [1.54, 1.807) is 18.5 Å². The van der Waals surface area contributed by atoms with E-state index in [1.807, 2.05) is 36.4 Å². The van der Waals surface area contributed by atoms with E-state index in [4.69, 9.17) is 20.9 Å². The lowest BCUT2D eigenvalue weighted by atomic mass is 9.94. The fraction of sp³-hybridized carbons (Fsp3) is 0.286. The van der Waals surface area contributed by atoms with Crippen molar-refractivity contribution in [1.29, 1.82) is 0 Å². The molecule has 1 amide bonds. The van der Waals surface area contributed by atoms with Crippen LogP contribution in [-0.4, -0.2) is 64.2 Å². The van der Waals surface area contributed by atoms with Gasteiger partial charge in [-0.15, -0.1) is 0 Å². The van der Waals surface area contributed by atoms with Crippen molar-refractivity contribution in [3.8, 4) is 11.5 Å². The molecule has 0 saturated heterocycles. The number of hydrogen-bond acceptors (Lipinski definition) is 10. The molecule has 0 aliphatic carbocycles. The van der Waals surface area contributed by atoms with Crippen LogP contribution in [0.5, 0.6) is 11.5 Å². The summed E-state index contributed by atoms with van der Waals surface area (Å²) >= 11 is 0. The normalized spacial score (nSPS) is 15.3. The molecule has 0 spiro atoms. The van der Waals surface area contributed by atoms with Gasteiger partial charge in [-0.25, -0.2) is 9.99 Å². The molecule has 4 rings (SSSR count). The third-order valence-corrected chi connectivity index (χ3v) is 6.47. The van der Waals surface area contributed by atoms with Crippen LogP contribution in [0.4, 0.5) is 11.8 Å². The summed E-state index contributed by atoms with van der Waals surface area (Å²) in [7, 11) is 3.06. The van der Waals surface area contributed by atoms with Crippen molar-refractivity contribution in [2.45, 2.75) is 31.4 Å². The maximum Gasteiger partial charge on any atom is 0.267 e. The molecule has 0 fully saturated rings. The first-order valence-electron chi connectivity index (χ1n) is 12.4. The first-order chi connectivity index (χ1) is 18.8. The number of nitrogen functional groups attached to an aromatic ring is 2. The minimum Gasteiger partial charge on any atom is -0.493 e. The molecule has 0 bridgehead atoms. The van der Waals surface area contributed by atoms with Crippen LogP contribution in [0.25, 0.3) is 6.08 Å². The van der Waals surface area contributed by atoms with Crippen molar-refractivity contribution in [2.75, 3.05) is 32.3 Å². The summed E-state index contributed by atoms with van der Waals surface area (Å²) in [6, 6.07) is 10.9. The van der Waals surface area contributed by atoms with Gasteiger partial charge < -0.3 is 31.2 Å². The first-order valence-corrected chi connectivity index (χ1v) is 12.4. The van der Waals surface area contributed by atoms with Crippen LogP contribution in [0.1, 0.15) is 46.7 Å². The SMILES string of the molecule is COc1cc(Cc2cnc(N)nc2N)cc(C=CC(=O)N2N=Cc3ccccc3C2CC[C@@H](O)CO)c1OC. The Morgan fingerprint density at radius 3 is 2.72 bits per heavy atom. The fourth-order valence-electron chi connectivity index (χ4n) is 4.51. The summed E-state index contributed by atoms with van der Waals surface area (Å²) in [5.41, 5.74) is 15.6. The number of hydrazone groups is 1. The molecule has 2 atom stereocenters. The zero-order valence-electron chi connectivity index (χ0n) is 21.8. The largest absolute Gasteiger partial charge is 0.493 e. The number of hydrogen-bond donors (Lipinski definition) is 4. The number of nitrogens with zero attached hydrogens (tertiary/aromatic N) is 4. The standard InChI is InChI=1S/C28H32N6O5/c1-38-24-13-17(12-20-14-31-28(30)33-27(20)29)11-18(26(24)39-2)7-10-25(37)34-23(9-8-21(36)16-35)22-6-4-3-5-19(22)15-32-34/h3-7,10-11,13-15,21,23,35-36H,8-9,12,16H2,1-2H3,(H4,29,30,31,33)/t21-,23?/m1/s1. The van der Waals surface area contributed by atoms with Gasteiger partial charge in [-0.1, -0.05) is 24.3 Å². The number of aromatic nitrogens is 2. The van der Waals surface area contributed by atoms with Crippen LogP contribution in [0.2, 0.25) is 0 Å². The summed E-state index contributed by atoms with van der Waals surface area (Å²) in [6.45, 7) is -0.350. The molecule has 39 heavy (non-hydrogen) atoms. The first kappa shape index (κ1) is 27.6. The molecule has 11 nitrogen and oxygen atoms in total. The van der Waals surface area contributed by atoms with Gasteiger partial charge in [-0.2, -0.15) is 10.1 Å². The highest BCUT2D eigenvalue weighted by Gasteiger charge is 2.29. The number of benzene rings is 2. The lowest BCUT2D eigenvalue weighted by molar-refractivity contribution is -0.128. The number of methoxy groups -OCH3 is 2. The molecule has 3 aromatic rings. The van der Waals surface area contributed by atoms with Crippen molar-refractivity contribution >= 4 is 30.0 Å². The molecular weight excluding hydrogens is 500 g/mol. The topological polar surface area (TPSA) is 169 Å². The van der Waals surface area contributed by atoms with E-state index >= 15 is 0 Å². The van der Waals surface area contributed by atoms with E-state index in [1.165, 1.54) is 25.3 Å². The number of aliphatic hydroxyl groups excluding tert-OH is 2. The minimum absolute atomic E-state index is 0.0952. The van der Waals surface area contributed by atoms with Gasteiger partial charge in [0.2, 0.25) is 5.95 Å². The van der Waals surface area contributed by atoms with Crippen molar-refractivity contribution in [2.24, 2.45) is 5.10 Å². The Morgan fingerprint density at radius 2 is 2.00 bits per heavy atom. The number of carbonyl (C=O) groups is 1. The number of carbonyl (C=O) groups excluding carboxylic acids is 1. The maximum absolute atomic E-state index is 13.4. The Labute approximate surface area is 226 Å². The average molecular weight is 533 g/mol. The molecule has 2 heterocycles. The molecule has 0 radical (unpaired) electrons. The van der Waals surface area contributed by atoms with E-state index in [-0.39, 0.29) is 24.3 Å².